The van der Waals surface area contributed by atoms with Crippen molar-refractivity contribution in [3.05, 3.63) is 211 Å². The van der Waals surface area contributed by atoms with Gasteiger partial charge in [0, 0.05) is 55.3 Å². The van der Waals surface area contributed by atoms with Crippen LogP contribution in [-0.2, 0) is 0 Å². The van der Waals surface area contributed by atoms with Crippen molar-refractivity contribution in [2.24, 2.45) is 0 Å². The molecule has 7 aromatic carbocycles. The Morgan fingerprint density at radius 1 is 0.268 bits per heavy atom. The Bertz CT molecular complexity index is 3710. The Kier molecular flexibility index (Phi) is 10.8. The highest BCUT2D eigenvalue weighted by atomic mass is 15.0. The molecule has 11 nitrogen and oxygen atoms in total. The molecule has 0 saturated carbocycles. The van der Waals surface area contributed by atoms with Crippen LogP contribution in [0.25, 0.3) is 118 Å². The summed E-state index contributed by atoms with van der Waals surface area (Å²) in [5.74, 6) is 5.04. The molecule has 0 radical (unpaired) electrons. The maximum absolute atomic E-state index is 5.43. The van der Waals surface area contributed by atoms with Crippen LogP contribution < -0.4 is 0 Å². The van der Waals surface area contributed by atoms with Gasteiger partial charge in [-0.2, -0.15) is 0 Å². The molecule has 0 atom stereocenters. The third-order valence-corrected chi connectivity index (χ3v) is 12.5. The Morgan fingerprint density at radius 2 is 0.606 bits per heavy atom. The molecular formula is C60H43N11. The zero-order valence-corrected chi connectivity index (χ0v) is 39.3. The average Bonchev–Trinajstić information content (AvgIpc) is 3.73. The lowest BCUT2D eigenvalue weighted by atomic mass is 10.0. The molecule has 0 fully saturated rings. The number of fused-ring (bicyclic) bond motifs is 3. The van der Waals surface area contributed by atoms with Crippen LogP contribution in [-0.4, -0.2) is 54.4 Å². The van der Waals surface area contributed by atoms with Gasteiger partial charge in [0.15, 0.2) is 23.3 Å². The van der Waals surface area contributed by atoms with Crippen molar-refractivity contribution in [1.29, 1.82) is 0 Å². The minimum atomic E-state index is 0.584. The highest BCUT2D eigenvalue weighted by molar-refractivity contribution is 6.12. The van der Waals surface area contributed by atoms with Crippen molar-refractivity contribution in [3.63, 3.8) is 0 Å². The Morgan fingerprint density at radius 3 is 1.04 bits per heavy atom. The van der Waals surface area contributed by atoms with E-state index in [4.69, 9.17) is 39.9 Å². The van der Waals surface area contributed by atoms with E-state index in [1.54, 1.807) is 0 Å². The quantitative estimate of drug-likeness (QED) is 0.138. The summed E-state index contributed by atoms with van der Waals surface area (Å²) in [7, 11) is 0. The van der Waals surface area contributed by atoms with Gasteiger partial charge in [-0.3, -0.25) is 0 Å². The van der Waals surface area contributed by atoms with E-state index >= 15 is 0 Å². The normalized spacial score (nSPS) is 11.4. The number of benzene rings is 7. The largest absolute Gasteiger partial charge is 0.309 e. The fraction of sp³-hybridized carbons (Fsp3) is 0.0667. The van der Waals surface area contributed by atoms with Crippen LogP contribution in [0.5, 0.6) is 0 Å². The van der Waals surface area contributed by atoms with Crippen molar-refractivity contribution in [2.75, 3.05) is 0 Å². The predicted octanol–water partition coefficient (Wildman–Crippen LogP) is 13.3. The Labute approximate surface area is 409 Å². The molecule has 0 amide bonds. The minimum Gasteiger partial charge on any atom is -0.309 e. The standard InChI is InChI=1S/C60H43N11/c1-36-61-37(2)64-58(63-36)44-25-28-54-47(31-44)48-32-45(59-65-38(3)62-39(4)66-59)26-29-55(48)71(54)56-30-27-46(60-68-50(40-17-9-5-10-18-40)34-51(69-60)41-19-11-6-12-20-41)33-49(56)53-35-52(42-21-13-7-14-22-42)67-57(70-53)43-23-15-8-16-24-43/h5-35H,1-4H3. The molecule has 11 heteroatoms. The van der Waals surface area contributed by atoms with Gasteiger partial charge in [0.2, 0.25) is 0 Å². The van der Waals surface area contributed by atoms with Crippen LogP contribution in [0, 0.1) is 27.7 Å². The summed E-state index contributed by atoms with van der Waals surface area (Å²) in [6.07, 6.45) is 0. The van der Waals surface area contributed by atoms with Crippen LogP contribution in [0.15, 0.2) is 188 Å². The molecular weight excluding hydrogens is 875 g/mol. The molecule has 12 rings (SSSR count). The molecule has 0 aliphatic heterocycles. The first-order chi connectivity index (χ1) is 34.8. The zero-order valence-electron chi connectivity index (χ0n) is 39.3. The van der Waals surface area contributed by atoms with E-state index in [1.807, 2.05) is 113 Å². The summed E-state index contributed by atoms with van der Waals surface area (Å²) in [6, 6.07) is 64.3. The summed E-state index contributed by atoms with van der Waals surface area (Å²) in [4.78, 5) is 49.2. The van der Waals surface area contributed by atoms with Gasteiger partial charge in [0.1, 0.15) is 23.3 Å². The van der Waals surface area contributed by atoms with Crippen molar-refractivity contribution in [3.8, 4) is 96.3 Å². The third kappa shape index (κ3) is 8.35. The molecule has 0 aliphatic rings. The highest BCUT2D eigenvalue weighted by Crippen LogP contribution is 2.41. The van der Waals surface area contributed by atoms with E-state index in [2.05, 4.69) is 118 Å². The van der Waals surface area contributed by atoms with Gasteiger partial charge in [-0.05, 0) is 94.4 Å². The summed E-state index contributed by atoms with van der Waals surface area (Å²) in [5, 5.41) is 1.99. The summed E-state index contributed by atoms with van der Waals surface area (Å²) in [5.41, 5.74) is 13.3. The zero-order chi connectivity index (χ0) is 48.0. The molecule has 0 bridgehead atoms. The average molecular weight is 918 g/mol. The lowest BCUT2D eigenvalue weighted by Gasteiger charge is -2.17. The van der Waals surface area contributed by atoms with Crippen molar-refractivity contribution in [1.82, 2.24) is 54.4 Å². The molecule has 0 unspecified atom stereocenters. The number of aromatic nitrogens is 11. The van der Waals surface area contributed by atoms with Crippen LogP contribution >= 0.6 is 0 Å². The van der Waals surface area contributed by atoms with Crippen LogP contribution in [0.4, 0.5) is 0 Å². The van der Waals surface area contributed by atoms with Crippen LogP contribution in [0.3, 0.4) is 0 Å². The van der Waals surface area contributed by atoms with Crippen molar-refractivity contribution >= 4 is 21.8 Å². The first-order valence-electron chi connectivity index (χ1n) is 23.4. The van der Waals surface area contributed by atoms with E-state index in [1.165, 1.54) is 0 Å². The third-order valence-electron chi connectivity index (χ3n) is 12.5. The topological polar surface area (TPSA) is 134 Å². The molecule has 12 aromatic rings. The van der Waals surface area contributed by atoms with E-state index in [0.29, 0.717) is 46.6 Å². The monoisotopic (exact) mass is 917 g/mol. The molecule has 71 heavy (non-hydrogen) atoms. The Balaban J connectivity index is 1.15. The van der Waals surface area contributed by atoms with E-state index < -0.39 is 0 Å². The second-order valence-electron chi connectivity index (χ2n) is 17.4. The minimum absolute atomic E-state index is 0.584. The molecule has 0 N–H and O–H groups in total. The predicted molar refractivity (Wildman–Crippen MR) is 281 cm³/mol. The molecule has 0 spiro atoms. The SMILES string of the molecule is Cc1nc(C)nc(-c2ccc3c(c2)c2cc(-c4nc(C)nc(C)n4)ccc2n3-c2ccc(-c3nc(-c4ccccc4)cc(-c4ccccc4)n3)cc2-c2cc(-c3ccccc3)nc(-c3ccccc3)n2)n1. The first-order valence-corrected chi connectivity index (χ1v) is 23.4. The molecule has 0 aliphatic carbocycles. The Hall–Kier alpha value is -9.48. The van der Waals surface area contributed by atoms with E-state index in [-0.39, 0.29) is 0 Å². The van der Waals surface area contributed by atoms with Gasteiger partial charge in [0.05, 0.1) is 39.5 Å². The molecule has 5 aromatic heterocycles. The number of nitrogens with zero attached hydrogens (tertiary/aromatic N) is 11. The van der Waals surface area contributed by atoms with Gasteiger partial charge in [-0.25, -0.2) is 49.8 Å². The van der Waals surface area contributed by atoms with Gasteiger partial charge in [-0.1, -0.05) is 121 Å². The summed E-state index contributed by atoms with van der Waals surface area (Å²) in [6.45, 7) is 7.57. The number of rotatable bonds is 9. The number of hydrogen-bond acceptors (Lipinski definition) is 10. The maximum atomic E-state index is 5.43. The van der Waals surface area contributed by atoms with Gasteiger partial charge in [0.25, 0.3) is 0 Å². The maximum Gasteiger partial charge on any atom is 0.163 e. The van der Waals surface area contributed by atoms with Gasteiger partial charge < -0.3 is 4.57 Å². The number of hydrogen-bond donors (Lipinski definition) is 0. The van der Waals surface area contributed by atoms with Gasteiger partial charge >= 0.3 is 0 Å². The van der Waals surface area contributed by atoms with Crippen LogP contribution in [0.1, 0.15) is 23.3 Å². The van der Waals surface area contributed by atoms with E-state index in [9.17, 15) is 0 Å². The second-order valence-corrected chi connectivity index (χ2v) is 17.4. The molecule has 338 valence electrons. The fourth-order valence-electron chi connectivity index (χ4n) is 9.27. The summed E-state index contributed by atoms with van der Waals surface area (Å²) < 4.78 is 2.31. The smallest absolute Gasteiger partial charge is 0.163 e. The van der Waals surface area contributed by atoms with Crippen molar-refractivity contribution < 1.29 is 0 Å². The van der Waals surface area contributed by atoms with Crippen molar-refractivity contribution in [2.45, 2.75) is 27.7 Å². The number of aryl methyl sites for hydroxylation is 4. The summed E-state index contributed by atoms with van der Waals surface area (Å²) >= 11 is 0. The second kappa shape index (κ2) is 17.9. The highest BCUT2D eigenvalue weighted by Gasteiger charge is 2.22. The lowest BCUT2D eigenvalue weighted by molar-refractivity contribution is 0.928. The lowest BCUT2D eigenvalue weighted by Crippen LogP contribution is -2.03. The van der Waals surface area contributed by atoms with Crippen LogP contribution in [0.2, 0.25) is 0 Å². The first kappa shape index (κ1) is 42.8. The van der Waals surface area contributed by atoms with Gasteiger partial charge in [-0.15, -0.1) is 0 Å². The molecule has 5 heterocycles. The fourth-order valence-corrected chi connectivity index (χ4v) is 9.27. The van der Waals surface area contributed by atoms with E-state index in [0.717, 1.165) is 94.8 Å². The molecule has 0 saturated heterocycles.